The van der Waals surface area contributed by atoms with E-state index in [1.807, 2.05) is 0 Å². The van der Waals surface area contributed by atoms with E-state index in [-0.39, 0.29) is 12.8 Å². The van der Waals surface area contributed by atoms with Crippen molar-refractivity contribution in [2.24, 2.45) is 5.41 Å². The van der Waals surface area contributed by atoms with E-state index in [9.17, 15) is 9.18 Å². The Hall–Kier alpha value is -0.680. The Bertz CT molecular complexity index is 204. The van der Waals surface area contributed by atoms with E-state index in [1.54, 1.807) is 0 Å². The van der Waals surface area contributed by atoms with Gasteiger partial charge in [0.25, 0.3) is 0 Å². The molecule has 1 saturated carbocycles. The molecule has 0 spiro atoms. The van der Waals surface area contributed by atoms with Crippen molar-refractivity contribution in [1.29, 1.82) is 0 Å². The number of hydrogen-bond donors (Lipinski definition) is 1. The Balaban J connectivity index is 2.67. The molecule has 0 amide bonds. The van der Waals surface area contributed by atoms with Crippen LogP contribution in [0.5, 0.6) is 0 Å². The van der Waals surface area contributed by atoms with Gasteiger partial charge in [0.05, 0.1) is 0 Å². The van der Waals surface area contributed by atoms with Crippen molar-refractivity contribution in [3.05, 3.63) is 0 Å². The lowest BCUT2D eigenvalue weighted by Gasteiger charge is -2.50. The number of ether oxygens (including phenoxy) is 2. The van der Waals surface area contributed by atoms with Gasteiger partial charge in [0.1, 0.15) is 12.1 Å². The molecule has 0 heterocycles. The average molecular weight is 192 g/mol. The van der Waals surface area contributed by atoms with Gasteiger partial charge in [-0.15, -0.1) is 0 Å². The monoisotopic (exact) mass is 192 g/mol. The lowest BCUT2D eigenvalue weighted by molar-refractivity contribution is -0.296. The van der Waals surface area contributed by atoms with Crippen LogP contribution in [0.4, 0.5) is 4.39 Å². The molecule has 0 aliphatic heterocycles. The number of carboxylic acid groups (broad SMARTS) is 1. The Kier molecular flexibility index (Phi) is 2.58. The molecule has 1 aliphatic rings. The molecule has 0 saturated heterocycles. The first-order chi connectivity index (χ1) is 6.04. The smallest absolute Gasteiger partial charge is 0.312 e. The molecule has 13 heavy (non-hydrogen) atoms. The summed E-state index contributed by atoms with van der Waals surface area (Å²) >= 11 is 0. The molecule has 0 bridgehead atoms. The number of carbonyl (C=O) groups is 1. The third-order valence-corrected chi connectivity index (χ3v) is 2.67. The zero-order valence-corrected chi connectivity index (χ0v) is 7.67. The molecule has 0 aromatic rings. The predicted octanol–water partition coefficient (Wildman–Crippen LogP) is 0.810. The van der Waals surface area contributed by atoms with Gasteiger partial charge in [0.2, 0.25) is 0 Å². The minimum absolute atomic E-state index is 0.0683. The second-order valence-corrected chi connectivity index (χ2v) is 3.39. The van der Waals surface area contributed by atoms with Crippen LogP contribution in [0.25, 0.3) is 0 Å². The van der Waals surface area contributed by atoms with Crippen LogP contribution in [0.15, 0.2) is 0 Å². The lowest BCUT2D eigenvalue weighted by atomic mass is 9.65. The minimum atomic E-state index is -1.30. The average Bonchev–Trinajstić information content (AvgIpc) is 2.05. The van der Waals surface area contributed by atoms with Crippen molar-refractivity contribution in [3.8, 4) is 0 Å². The van der Waals surface area contributed by atoms with Gasteiger partial charge in [0, 0.05) is 27.1 Å². The Morgan fingerprint density at radius 2 is 1.92 bits per heavy atom. The molecular formula is C8H13FO4. The van der Waals surface area contributed by atoms with E-state index in [0.717, 1.165) is 0 Å². The second kappa shape index (κ2) is 3.23. The number of hydrogen-bond acceptors (Lipinski definition) is 3. The summed E-state index contributed by atoms with van der Waals surface area (Å²) in [6, 6.07) is 0. The SMILES string of the molecule is COC1(OC)CC(CF)(C(=O)O)C1. The van der Waals surface area contributed by atoms with E-state index < -0.39 is 23.8 Å². The minimum Gasteiger partial charge on any atom is -0.481 e. The van der Waals surface area contributed by atoms with Gasteiger partial charge in [-0.25, -0.2) is 4.39 Å². The van der Waals surface area contributed by atoms with Crippen molar-refractivity contribution in [3.63, 3.8) is 0 Å². The highest BCUT2D eigenvalue weighted by Crippen LogP contribution is 2.51. The first-order valence-electron chi connectivity index (χ1n) is 3.94. The van der Waals surface area contributed by atoms with E-state index in [4.69, 9.17) is 14.6 Å². The van der Waals surface area contributed by atoms with Crippen molar-refractivity contribution < 1.29 is 23.8 Å². The van der Waals surface area contributed by atoms with Gasteiger partial charge in [0.15, 0.2) is 5.79 Å². The van der Waals surface area contributed by atoms with Crippen molar-refractivity contribution in [1.82, 2.24) is 0 Å². The van der Waals surface area contributed by atoms with Crippen molar-refractivity contribution in [2.75, 3.05) is 20.9 Å². The van der Waals surface area contributed by atoms with E-state index in [2.05, 4.69) is 0 Å². The number of aliphatic carboxylic acids is 1. The first kappa shape index (κ1) is 10.4. The van der Waals surface area contributed by atoms with Crippen molar-refractivity contribution >= 4 is 5.97 Å². The Morgan fingerprint density at radius 3 is 2.15 bits per heavy atom. The molecule has 0 aromatic carbocycles. The highest BCUT2D eigenvalue weighted by molar-refractivity contribution is 5.76. The van der Waals surface area contributed by atoms with Crippen LogP contribution in [0.3, 0.4) is 0 Å². The molecule has 0 unspecified atom stereocenters. The van der Waals surface area contributed by atoms with Gasteiger partial charge in [-0.05, 0) is 0 Å². The molecule has 4 nitrogen and oxygen atoms in total. The lowest BCUT2D eigenvalue weighted by Crippen LogP contribution is -2.59. The summed E-state index contributed by atoms with van der Waals surface area (Å²) in [7, 11) is 2.85. The fourth-order valence-electron chi connectivity index (χ4n) is 1.65. The fraction of sp³-hybridized carbons (Fsp3) is 0.875. The molecule has 76 valence electrons. The summed E-state index contributed by atoms with van der Waals surface area (Å²) in [5.74, 6) is -2.02. The van der Waals surface area contributed by atoms with E-state index in [0.29, 0.717) is 0 Å². The normalized spacial score (nSPS) is 23.6. The Labute approximate surface area is 75.6 Å². The van der Waals surface area contributed by atoms with Gasteiger partial charge >= 0.3 is 5.97 Å². The van der Waals surface area contributed by atoms with Crippen LogP contribution < -0.4 is 0 Å². The highest BCUT2D eigenvalue weighted by atomic mass is 19.1. The van der Waals surface area contributed by atoms with Gasteiger partial charge in [-0.3, -0.25) is 4.79 Å². The maximum Gasteiger partial charge on any atom is 0.312 e. The topological polar surface area (TPSA) is 55.8 Å². The number of alkyl halides is 1. The zero-order valence-electron chi connectivity index (χ0n) is 7.67. The zero-order chi connectivity index (χ0) is 10.1. The standard InChI is InChI=1S/C8H13FO4/c1-12-8(13-2)3-7(4-8,5-9)6(10)11/h3-5H2,1-2H3,(H,10,11). The highest BCUT2D eigenvalue weighted by Gasteiger charge is 2.60. The van der Waals surface area contributed by atoms with Crippen LogP contribution in [-0.2, 0) is 14.3 Å². The van der Waals surface area contributed by atoms with Gasteiger partial charge in [-0.1, -0.05) is 0 Å². The molecule has 1 rings (SSSR count). The predicted molar refractivity (Wildman–Crippen MR) is 42.0 cm³/mol. The summed E-state index contributed by atoms with van der Waals surface area (Å²) in [6.07, 6.45) is 0.137. The van der Waals surface area contributed by atoms with Crippen LogP contribution in [0.1, 0.15) is 12.8 Å². The summed E-state index contributed by atoms with van der Waals surface area (Å²) in [6.45, 7) is -0.878. The third-order valence-electron chi connectivity index (χ3n) is 2.67. The summed E-state index contributed by atoms with van der Waals surface area (Å²) < 4.78 is 22.4. The maximum atomic E-state index is 12.5. The van der Waals surface area contributed by atoms with E-state index in [1.165, 1.54) is 14.2 Å². The second-order valence-electron chi connectivity index (χ2n) is 3.39. The molecule has 0 aromatic heterocycles. The summed E-state index contributed by atoms with van der Waals surface area (Å²) in [5.41, 5.74) is -1.30. The largest absolute Gasteiger partial charge is 0.481 e. The number of rotatable bonds is 4. The van der Waals surface area contributed by atoms with Crippen LogP contribution in [0, 0.1) is 5.41 Å². The molecule has 0 atom stereocenters. The molecule has 1 fully saturated rings. The maximum absolute atomic E-state index is 12.5. The fourth-order valence-corrected chi connectivity index (χ4v) is 1.65. The van der Waals surface area contributed by atoms with Crippen LogP contribution >= 0.6 is 0 Å². The Morgan fingerprint density at radius 1 is 1.46 bits per heavy atom. The van der Waals surface area contributed by atoms with Crippen LogP contribution in [0.2, 0.25) is 0 Å². The van der Waals surface area contributed by atoms with Crippen LogP contribution in [-0.4, -0.2) is 37.8 Å². The molecule has 5 heteroatoms. The first-order valence-corrected chi connectivity index (χ1v) is 3.94. The third kappa shape index (κ3) is 1.42. The quantitative estimate of drug-likeness (QED) is 0.669. The van der Waals surface area contributed by atoms with Gasteiger partial charge in [-0.2, -0.15) is 0 Å². The van der Waals surface area contributed by atoms with E-state index >= 15 is 0 Å². The number of halogens is 1. The number of methoxy groups -OCH3 is 2. The van der Waals surface area contributed by atoms with Crippen molar-refractivity contribution in [2.45, 2.75) is 18.6 Å². The molecule has 0 radical (unpaired) electrons. The molecular weight excluding hydrogens is 179 g/mol. The van der Waals surface area contributed by atoms with Gasteiger partial charge < -0.3 is 14.6 Å². The summed E-state index contributed by atoms with van der Waals surface area (Å²) in [5, 5.41) is 8.76. The summed E-state index contributed by atoms with van der Waals surface area (Å²) in [4.78, 5) is 10.7. The molecule has 1 N–H and O–H groups in total. The number of carboxylic acids is 1. The molecule has 1 aliphatic carbocycles.